The molecule has 0 radical (unpaired) electrons. The molecule has 1 atom stereocenters. The van der Waals surface area contributed by atoms with Crippen molar-refractivity contribution in [1.29, 1.82) is 0 Å². The average molecular weight is 331 g/mol. The fourth-order valence-corrected chi connectivity index (χ4v) is 2.22. The molecule has 0 aliphatic carbocycles. The van der Waals surface area contributed by atoms with E-state index in [1.807, 2.05) is 17.7 Å². The van der Waals surface area contributed by atoms with Gasteiger partial charge in [-0.3, -0.25) is 9.59 Å². The number of hydrogen-bond acceptors (Lipinski definition) is 5. The van der Waals surface area contributed by atoms with E-state index in [4.69, 9.17) is 9.47 Å². The standard InChI is InChI=1S/C17H21N3O4/c1-12(9-20-7-6-18-11-20)19-17(22)10-24-15-5-4-14(13(2)21)8-16(15)23-3/h4-8,11-12H,9-10H2,1-3H3,(H,19,22). The Bertz CT molecular complexity index is 698. The van der Waals surface area contributed by atoms with Gasteiger partial charge in [0.1, 0.15) is 0 Å². The van der Waals surface area contributed by atoms with Gasteiger partial charge in [-0.25, -0.2) is 4.98 Å². The number of ketones is 1. The van der Waals surface area contributed by atoms with Crippen molar-refractivity contribution in [3.05, 3.63) is 42.5 Å². The van der Waals surface area contributed by atoms with Crippen LogP contribution in [-0.2, 0) is 11.3 Å². The number of carbonyl (C=O) groups is 2. The van der Waals surface area contributed by atoms with Crippen LogP contribution in [0.15, 0.2) is 36.9 Å². The Kier molecular flexibility index (Phi) is 5.95. The molecule has 0 aliphatic heterocycles. The van der Waals surface area contributed by atoms with Gasteiger partial charge in [-0.15, -0.1) is 0 Å². The molecule has 0 fully saturated rings. The molecule has 1 aromatic heterocycles. The molecule has 2 rings (SSSR count). The summed E-state index contributed by atoms with van der Waals surface area (Å²) in [6.07, 6.45) is 5.22. The Labute approximate surface area is 140 Å². The van der Waals surface area contributed by atoms with Crippen molar-refractivity contribution >= 4 is 11.7 Å². The molecule has 1 unspecified atom stereocenters. The van der Waals surface area contributed by atoms with Gasteiger partial charge in [0.25, 0.3) is 5.91 Å². The molecule has 2 aromatic rings. The van der Waals surface area contributed by atoms with E-state index in [0.717, 1.165) is 0 Å². The number of benzene rings is 1. The third-order valence-electron chi connectivity index (χ3n) is 3.38. The first-order valence-electron chi connectivity index (χ1n) is 7.56. The van der Waals surface area contributed by atoms with E-state index in [1.165, 1.54) is 14.0 Å². The summed E-state index contributed by atoms with van der Waals surface area (Å²) in [5.41, 5.74) is 0.526. The second-order valence-corrected chi connectivity index (χ2v) is 5.44. The number of aromatic nitrogens is 2. The van der Waals surface area contributed by atoms with Crippen LogP contribution in [0.1, 0.15) is 24.2 Å². The summed E-state index contributed by atoms with van der Waals surface area (Å²) >= 11 is 0. The normalized spacial score (nSPS) is 11.6. The lowest BCUT2D eigenvalue weighted by Gasteiger charge is -2.15. The minimum Gasteiger partial charge on any atom is -0.493 e. The molecule has 24 heavy (non-hydrogen) atoms. The van der Waals surface area contributed by atoms with Crippen LogP contribution in [0.5, 0.6) is 11.5 Å². The second kappa shape index (κ2) is 8.14. The third-order valence-corrected chi connectivity index (χ3v) is 3.38. The van der Waals surface area contributed by atoms with Gasteiger partial charge in [-0.2, -0.15) is 0 Å². The van der Waals surface area contributed by atoms with Gasteiger partial charge in [0.15, 0.2) is 23.9 Å². The quantitative estimate of drug-likeness (QED) is 0.744. The van der Waals surface area contributed by atoms with Crippen molar-refractivity contribution in [3.63, 3.8) is 0 Å². The lowest BCUT2D eigenvalue weighted by atomic mass is 10.1. The lowest BCUT2D eigenvalue weighted by molar-refractivity contribution is -0.123. The van der Waals surface area contributed by atoms with E-state index < -0.39 is 0 Å². The maximum atomic E-state index is 12.0. The summed E-state index contributed by atoms with van der Waals surface area (Å²) in [7, 11) is 1.49. The predicted molar refractivity (Wildman–Crippen MR) is 88.3 cm³/mol. The SMILES string of the molecule is COc1cc(C(C)=O)ccc1OCC(=O)NC(C)Cn1ccnc1. The fraction of sp³-hybridized carbons (Fsp3) is 0.353. The zero-order valence-electron chi connectivity index (χ0n) is 14.0. The molecule has 0 spiro atoms. The highest BCUT2D eigenvalue weighted by atomic mass is 16.5. The summed E-state index contributed by atoms with van der Waals surface area (Å²) < 4.78 is 12.6. The maximum Gasteiger partial charge on any atom is 0.258 e. The fourth-order valence-electron chi connectivity index (χ4n) is 2.22. The molecule has 128 valence electrons. The van der Waals surface area contributed by atoms with Crippen molar-refractivity contribution in [2.75, 3.05) is 13.7 Å². The predicted octanol–water partition coefficient (Wildman–Crippen LogP) is 1.68. The van der Waals surface area contributed by atoms with E-state index >= 15 is 0 Å². The largest absolute Gasteiger partial charge is 0.493 e. The highest BCUT2D eigenvalue weighted by molar-refractivity contribution is 5.94. The van der Waals surface area contributed by atoms with Gasteiger partial charge in [0, 0.05) is 30.5 Å². The first kappa shape index (κ1) is 17.5. The van der Waals surface area contributed by atoms with E-state index in [-0.39, 0.29) is 24.3 Å². The van der Waals surface area contributed by atoms with E-state index in [9.17, 15) is 9.59 Å². The van der Waals surface area contributed by atoms with Gasteiger partial charge >= 0.3 is 0 Å². The van der Waals surface area contributed by atoms with Crippen LogP contribution in [0.4, 0.5) is 0 Å². The molecule has 1 heterocycles. The number of imidazole rings is 1. The molecule has 1 amide bonds. The number of carbonyl (C=O) groups excluding carboxylic acids is 2. The summed E-state index contributed by atoms with van der Waals surface area (Å²) in [4.78, 5) is 27.3. The Morgan fingerprint density at radius 3 is 2.75 bits per heavy atom. The summed E-state index contributed by atoms with van der Waals surface area (Å²) in [6.45, 7) is 3.87. The van der Waals surface area contributed by atoms with Crippen LogP contribution in [0.2, 0.25) is 0 Å². The van der Waals surface area contributed by atoms with E-state index in [2.05, 4.69) is 10.3 Å². The zero-order valence-corrected chi connectivity index (χ0v) is 14.0. The topological polar surface area (TPSA) is 82.5 Å². The van der Waals surface area contributed by atoms with Crippen LogP contribution < -0.4 is 14.8 Å². The smallest absolute Gasteiger partial charge is 0.258 e. The Morgan fingerprint density at radius 2 is 2.12 bits per heavy atom. The molecular weight excluding hydrogens is 310 g/mol. The maximum absolute atomic E-state index is 12.0. The van der Waals surface area contributed by atoms with Crippen LogP contribution in [0.3, 0.4) is 0 Å². The highest BCUT2D eigenvalue weighted by Crippen LogP contribution is 2.28. The summed E-state index contributed by atoms with van der Waals surface area (Å²) in [5, 5.41) is 2.85. The molecule has 7 heteroatoms. The number of methoxy groups -OCH3 is 1. The molecule has 0 aliphatic rings. The minimum absolute atomic E-state index is 0.0581. The zero-order chi connectivity index (χ0) is 17.5. The minimum atomic E-state index is -0.236. The average Bonchev–Trinajstić information content (AvgIpc) is 3.05. The van der Waals surface area contributed by atoms with E-state index in [0.29, 0.717) is 23.6 Å². The summed E-state index contributed by atoms with van der Waals surface area (Å²) in [6, 6.07) is 4.80. The van der Waals surface area contributed by atoms with Gasteiger partial charge in [-0.1, -0.05) is 0 Å². The van der Waals surface area contributed by atoms with Crippen molar-refractivity contribution in [2.24, 2.45) is 0 Å². The van der Waals surface area contributed by atoms with Crippen LogP contribution in [-0.4, -0.2) is 41.0 Å². The number of amides is 1. The molecule has 0 saturated heterocycles. The van der Waals surface area contributed by atoms with Crippen molar-refractivity contribution < 1.29 is 19.1 Å². The number of Topliss-reactive ketones (excluding diaryl/α,β-unsaturated/α-hetero) is 1. The number of hydrogen-bond donors (Lipinski definition) is 1. The van der Waals surface area contributed by atoms with Gasteiger partial charge in [-0.05, 0) is 32.0 Å². The molecule has 0 saturated carbocycles. The van der Waals surface area contributed by atoms with Crippen LogP contribution in [0.25, 0.3) is 0 Å². The third kappa shape index (κ3) is 4.84. The van der Waals surface area contributed by atoms with Gasteiger partial charge in [0.2, 0.25) is 0 Å². The lowest BCUT2D eigenvalue weighted by Crippen LogP contribution is -2.38. The number of nitrogens with one attached hydrogen (secondary N) is 1. The molecule has 1 N–H and O–H groups in total. The van der Waals surface area contributed by atoms with Gasteiger partial charge < -0.3 is 19.4 Å². The molecule has 7 nitrogen and oxygen atoms in total. The number of nitrogens with zero attached hydrogens (tertiary/aromatic N) is 2. The van der Waals surface area contributed by atoms with Crippen molar-refractivity contribution in [1.82, 2.24) is 14.9 Å². The molecule has 0 bridgehead atoms. The number of rotatable bonds is 8. The first-order chi connectivity index (χ1) is 11.5. The van der Waals surface area contributed by atoms with Gasteiger partial charge in [0.05, 0.1) is 13.4 Å². The van der Waals surface area contributed by atoms with Crippen molar-refractivity contribution in [2.45, 2.75) is 26.4 Å². The molecule has 1 aromatic carbocycles. The Hall–Kier alpha value is -2.83. The van der Waals surface area contributed by atoms with Crippen molar-refractivity contribution in [3.8, 4) is 11.5 Å². The monoisotopic (exact) mass is 331 g/mol. The number of ether oxygens (including phenoxy) is 2. The second-order valence-electron chi connectivity index (χ2n) is 5.44. The summed E-state index contributed by atoms with van der Waals surface area (Å²) in [5.74, 6) is 0.535. The molecular formula is C17H21N3O4. The Morgan fingerprint density at radius 1 is 1.33 bits per heavy atom. The first-order valence-corrected chi connectivity index (χ1v) is 7.56. The van der Waals surface area contributed by atoms with E-state index in [1.54, 1.807) is 30.7 Å². The van der Waals surface area contributed by atoms with Crippen LogP contribution >= 0.6 is 0 Å². The Balaban J connectivity index is 1.88. The highest BCUT2D eigenvalue weighted by Gasteiger charge is 2.12. The van der Waals surface area contributed by atoms with Crippen LogP contribution in [0, 0.1) is 0 Å².